The van der Waals surface area contributed by atoms with Crippen molar-refractivity contribution in [3.8, 4) is 0 Å². The number of hydrogen-bond donors (Lipinski definition) is 1. The number of nitrogens with one attached hydrogen (secondary N) is 1. The smallest absolute Gasteiger partial charge is 0.376 e. The number of pyridine rings is 1. The van der Waals surface area contributed by atoms with Gasteiger partial charge in [-0.1, -0.05) is 19.8 Å². The van der Waals surface area contributed by atoms with E-state index >= 15 is 0 Å². The van der Waals surface area contributed by atoms with E-state index in [4.69, 9.17) is 4.74 Å². The van der Waals surface area contributed by atoms with Gasteiger partial charge in [-0.15, -0.1) is 0 Å². The van der Waals surface area contributed by atoms with Crippen LogP contribution >= 0.6 is 0 Å². The maximum Gasteiger partial charge on any atom is 0.433 e. The van der Waals surface area contributed by atoms with Gasteiger partial charge in [0, 0.05) is 12.7 Å². The lowest BCUT2D eigenvalue weighted by Crippen LogP contribution is -2.31. The number of nitrogens with zero attached hydrogens (tertiary/aromatic N) is 1. The largest absolute Gasteiger partial charge is 0.433 e. The number of amides is 1. The molecule has 0 unspecified atom stereocenters. The van der Waals surface area contributed by atoms with Crippen molar-refractivity contribution in [2.75, 3.05) is 13.2 Å². The van der Waals surface area contributed by atoms with Crippen LogP contribution in [0.1, 0.15) is 48.7 Å². The number of ether oxygens (including phenoxy) is 1. The molecule has 1 aromatic heterocycles. The molecule has 2 atom stereocenters. The third-order valence-corrected chi connectivity index (χ3v) is 4.07. The van der Waals surface area contributed by atoms with Gasteiger partial charge in [-0.2, -0.15) is 13.2 Å². The summed E-state index contributed by atoms with van der Waals surface area (Å²) < 4.78 is 43.0. The summed E-state index contributed by atoms with van der Waals surface area (Å²) >= 11 is 0. The van der Waals surface area contributed by atoms with Crippen LogP contribution in [0.15, 0.2) is 18.3 Å². The Labute approximate surface area is 133 Å². The first kappa shape index (κ1) is 17.7. The molecule has 1 aromatic rings. The van der Waals surface area contributed by atoms with Crippen molar-refractivity contribution in [1.29, 1.82) is 0 Å². The molecule has 0 radical (unpaired) electrons. The van der Waals surface area contributed by atoms with E-state index in [2.05, 4.69) is 17.2 Å². The first-order valence-corrected chi connectivity index (χ1v) is 7.81. The quantitative estimate of drug-likeness (QED) is 0.842. The molecule has 1 aliphatic rings. The minimum absolute atomic E-state index is 0.101. The summed E-state index contributed by atoms with van der Waals surface area (Å²) in [6.07, 6.45) is 1.26. The molecular weight excluding hydrogens is 309 g/mol. The van der Waals surface area contributed by atoms with Gasteiger partial charge in [0.1, 0.15) is 5.69 Å². The van der Waals surface area contributed by atoms with Crippen LogP contribution in [0.25, 0.3) is 0 Å². The van der Waals surface area contributed by atoms with Crippen LogP contribution in [0, 0.1) is 5.92 Å². The molecule has 0 saturated heterocycles. The van der Waals surface area contributed by atoms with Crippen molar-refractivity contribution in [3.63, 3.8) is 0 Å². The standard InChI is InChI=1S/C16H21F3N2O2/c1-11-4-2-3-5-13(11)23-9-8-20-15(22)12-6-7-14(21-10-12)16(17,18)19/h6-7,10-11,13H,2-5,8-9H2,1H3,(H,20,22)/t11-,13-/m1/s1. The minimum atomic E-state index is -4.50. The summed E-state index contributed by atoms with van der Waals surface area (Å²) in [6, 6.07) is 1.92. The summed E-state index contributed by atoms with van der Waals surface area (Å²) in [5.74, 6) is 0.0741. The first-order chi connectivity index (χ1) is 10.9. The van der Waals surface area contributed by atoms with Gasteiger partial charge in [-0.05, 0) is 30.9 Å². The molecule has 0 aliphatic heterocycles. The topological polar surface area (TPSA) is 51.2 Å². The third-order valence-electron chi connectivity index (χ3n) is 4.07. The van der Waals surface area contributed by atoms with Crippen LogP contribution in [0.5, 0.6) is 0 Å². The van der Waals surface area contributed by atoms with Gasteiger partial charge in [0.05, 0.1) is 18.3 Å². The normalized spacial score (nSPS) is 21.9. The molecule has 2 rings (SSSR count). The molecule has 1 aliphatic carbocycles. The lowest BCUT2D eigenvalue weighted by atomic mass is 9.88. The van der Waals surface area contributed by atoms with Gasteiger partial charge in [-0.3, -0.25) is 9.78 Å². The van der Waals surface area contributed by atoms with Crippen molar-refractivity contribution < 1.29 is 22.7 Å². The van der Waals surface area contributed by atoms with E-state index in [1.807, 2.05) is 0 Å². The number of aromatic nitrogens is 1. The second kappa shape index (κ2) is 7.77. The summed E-state index contributed by atoms with van der Waals surface area (Å²) in [5.41, 5.74) is -0.910. The Kier molecular flexibility index (Phi) is 5.98. The van der Waals surface area contributed by atoms with E-state index in [0.29, 0.717) is 19.1 Å². The number of carbonyl (C=O) groups excluding carboxylic acids is 1. The van der Waals surface area contributed by atoms with E-state index in [9.17, 15) is 18.0 Å². The molecule has 1 amide bonds. The highest BCUT2D eigenvalue weighted by molar-refractivity contribution is 5.93. The van der Waals surface area contributed by atoms with Gasteiger partial charge in [-0.25, -0.2) is 0 Å². The van der Waals surface area contributed by atoms with Crippen molar-refractivity contribution in [2.24, 2.45) is 5.92 Å². The average Bonchev–Trinajstić information content (AvgIpc) is 2.52. The van der Waals surface area contributed by atoms with Crippen molar-refractivity contribution in [3.05, 3.63) is 29.6 Å². The van der Waals surface area contributed by atoms with Crippen LogP contribution in [0.4, 0.5) is 13.2 Å². The zero-order valence-corrected chi connectivity index (χ0v) is 13.0. The molecule has 0 bridgehead atoms. The molecule has 1 saturated carbocycles. The van der Waals surface area contributed by atoms with E-state index in [0.717, 1.165) is 31.2 Å². The highest BCUT2D eigenvalue weighted by Gasteiger charge is 2.32. The summed E-state index contributed by atoms with van der Waals surface area (Å²) in [6.45, 7) is 2.88. The molecule has 23 heavy (non-hydrogen) atoms. The van der Waals surface area contributed by atoms with Gasteiger partial charge < -0.3 is 10.1 Å². The third kappa shape index (κ3) is 5.20. The Balaban J connectivity index is 1.74. The fourth-order valence-corrected chi connectivity index (χ4v) is 2.70. The maximum absolute atomic E-state index is 12.4. The van der Waals surface area contributed by atoms with Crippen molar-refractivity contribution >= 4 is 5.91 Å². The summed E-state index contributed by atoms with van der Waals surface area (Å²) in [7, 11) is 0. The molecule has 7 heteroatoms. The van der Waals surface area contributed by atoms with Crippen LogP contribution < -0.4 is 5.32 Å². The van der Waals surface area contributed by atoms with Gasteiger partial charge >= 0.3 is 6.18 Å². The predicted octanol–water partition coefficient (Wildman–Crippen LogP) is 3.43. The molecule has 128 valence electrons. The monoisotopic (exact) mass is 330 g/mol. The Morgan fingerprint density at radius 1 is 1.35 bits per heavy atom. The highest BCUT2D eigenvalue weighted by Crippen LogP contribution is 2.27. The zero-order chi connectivity index (χ0) is 16.9. The fraction of sp³-hybridized carbons (Fsp3) is 0.625. The van der Waals surface area contributed by atoms with Crippen molar-refractivity contribution in [2.45, 2.75) is 44.9 Å². The second-order valence-corrected chi connectivity index (χ2v) is 5.86. The van der Waals surface area contributed by atoms with Gasteiger partial charge in [0.15, 0.2) is 0 Å². The van der Waals surface area contributed by atoms with E-state index in [1.165, 1.54) is 12.8 Å². The highest BCUT2D eigenvalue weighted by atomic mass is 19.4. The van der Waals surface area contributed by atoms with E-state index < -0.39 is 17.8 Å². The predicted molar refractivity (Wildman–Crippen MR) is 78.9 cm³/mol. The molecule has 1 fully saturated rings. The van der Waals surface area contributed by atoms with E-state index in [1.54, 1.807) is 0 Å². The molecule has 4 nitrogen and oxygen atoms in total. The van der Waals surface area contributed by atoms with E-state index in [-0.39, 0.29) is 11.7 Å². The number of carbonyl (C=O) groups is 1. The number of alkyl halides is 3. The summed E-state index contributed by atoms with van der Waals surface area (Å²) in [5, 5.41) is 2.63. The minimum Gasteiger partial charge on any atom is -0.376 e. The summed E-state index contributed by atoms with van der Waals surface area (Å²) in [4.78, 5) is 15.1. The molecule has 0 spiro atoms. The first-order valence-electron chi connectivity index (χ1n) is 7.81. The molecule has 0 aromatic carbocycles. The lowest BCUT2D eigenvalue weighted by molar-refractivity contribution is -0.141. The Morgan fingerprint density at radius 2 is 2.09 bits per heavy atom. The number of hydrogen-bond acceptors (Lipinski definition) is 3. The Morgan fingerprint density at radius 3 is 2.70 bits per heavy atom. The van der Waals surface area contributed by atoms with Crippen LogP contribution in [-0.4, -0.2) is 30.1 Å². The zero-order valence-electron chi connectivity index (χ0n) is 13.0. The SMILES string of the molecule is C[C@@H]1CCCC[C@H]1OCCNC(=O)c1ccc(C(F)(F)F)nc1. The maximum atomic E-state index is 12.4. The number of rotatable bonds is 5. The second-order valence-electron chi connectivity index (χ2n) is 5.86. The van der Waals surface area contributed by atoms with Crippen molar-refractivity contribution in [1.82, 2.24) is 10.3 Å². The Bertz CT molecular complexity index is 517. The molecule has 1 heterocycles. The van der Waals surface area contributed by atoms with Crippen LogP contribution in [0.2, 0.25) is 0 Å². The van der Waals surface area contributed by atoms with Gasteiger partial charge in [0.25, 0.3) is 5.91 Å². The number of halogens is 3. The Hall–Kier alpha value is -1.63. The van der Waals surface area contributed by atoms with Crippen LogP contribution in [-0.2, 0) is 10.9 Å². The van der Waals surface area contributed by atoms with Gasteiger partial charge in [0.2, 0.25) is 0 Å². The lowest BCUT2D eigenvalue weighted by Gasteiger charge is -2.28. The molecule has 1 N–H and O–H groups in total. The average molecular weight is 330 g/mol. The fourth-order valence-electron chi connectivity index (χ4n) is 2.70. The molecular formula is C16H21F3N2O2. The van der Waals surface area contributed by atoms with Crippen LogP contribution in [0.3, 0.4) is 0 Å².